The van der Waals surface area contributed by atoms with Crippen LogP contribution in [0.3, 0.4) is 0 Å². The molecule has 0 aromatic heterocycles. The fourth-order valence-corrected chi connectivity index (χ4v) is 4.74. The van der Waals surface area contributed by atoms with Gasteiger partial charge in [-0.25, -0.2) is 0 Å². The number of rotatable bonds is 8. The van der Waals surface area contributed by atoms with Crippen LogP contribution in [0.2, 0.25) is 0 Å². The maximum Gasteiger partial charge on any atom is 0.250 e. The van der Waals surface area contributed by atoms with Crippen LogP contribution in [-0.2, 0) is 9.59 Å². The summed E-state index contributed by atoms with van der Waals surface area (Å²) in [7, 11) is 1.60. The van der Waals surface area contributed by atoms with E-state index in [0.717, 1.165) is 44.1 Å². The second-order valence-electron chi connectivity index (χ2n) is 9.03. The van der Waals surface area contributed by atoms with Gasteiger partial charge in [-0.2, -0.15) is 0 Å². The van der Waals surface area contributed by atoms with Gasteiger partial charge in [0.1, 0.15) is 12.6 Å². The average Bonchev–Trinajstić information content (AvgIpc) is 3.03. The van der Waals surface area contributed by atoms with Gasteiger partial charge >= 0.3 is 0 Å². The van der Waals surface area contributed by atoms with E-state index in [2.05, 4.69) is 6.92 Å². The minimum Gasteiger partial charge on any atom is -0.493 e. The number of nitrogens with zero attached hydrogens (tertiary/aromatic N) is 2. The molecule has 1 atom stereocenters. The molecule has 1 aliphatic heterocycles. The summed E-state index contributed by atoms with van der Waals surface area (Å²) in [6, 6.07) is 5.20. The Morgan fingerprint density at radius 1 is 1.06 bits per heavy atom. The van der Waals surface area contributed by atoms with Crippen LogP contribution in [0.25, 0.3) is 0 Å². The number of methoxy groups -OCH3 is 1. The number of ether oxygens (including phenoxy) is 2. The van der Waals surface area contributed by atoms with E-state index in [1.54, 1.807) is 12.0 Å². The smallest absolute Gasteiger partial charge is 0.250 e. The zero-order chi connectivity index (χ0) is 22.4. The largest absolute Gasteiger partial charge is 0.493 e. The first-order valence-corrected chi connectivity index (χ1v) is 11.9. The molecular formula is C25H38N2O4. The summed E-state index contributed by atoms with van der Waals surface area (Å²) >= 11 is 0. The first kappa shape index (κ1) is 23.4. The van der Waals surface area contributed by atoms with Crippen molar-refractivity contribution in [2.24, 2.45) is 0 Å². The van der Waals surface area contributed by atoms with Gasteiger partial charge in [0.2, 0.25) is 5.91 Å². The van der Waals surface area contributed by atoms with Gasteiger partial charge in [0.15, 0.2) is 11.5 Å². The minimum atomic E-state index is -0.599. The first-order valence-electron chi connectivity index (χ1n) is 11.9. The number of carbonyl (C=O) groups excluding carboxylic acids is 2. The van der Waals surface area contributed by atoms with E-state index < -0.39 is 6.04 Å². The molecule has 0 N–H and O–H groups in total. The fraction of sp³-hybridized carbons (Fsp3) is 0.680. The lowest BCUT2D eigenvalue weighted by atomic mass is 9.97. The molecule has 0 bridgehead atoms. The molecule has 6 heteroatoms. The van der Waals surface area contributed by atoms with Crippen molar-refractivity contribution >= 4 is 11.8 Å². The summed E-state index contributed by atoms with van der Waals surface area (Å²) in [5.74, 6) is 1.33. The van der Waals surface area contributed by atoms with Gasteiger partial charge in [-0.3, -0.25) is 9.59 Å². The Hall–Kier alpha value is -2.24. The average molecular weight is 431 g/mol. The molecule has 2 aliphatic rings. The van der Waals surface area contributed by atoms with Crippen LogP contribution in [0.4, 0.5) is 0 Å². The molecule has 31 heavy (non-hydrogen) atoms. The van der Waals surface area contributed by atoms with Crippen molar-refractivity contribution in [3.05, 3.63) is 23.8 Å². The first-order chi connectivity index (χ1) is 15.0. The van der Waals surface area contributed by atoms with Crippen LogP contribution >= 0.6 is 0 Å². The van der Waals surface area contributed by atoms with Gasteiger partial charge in [-0.1, -0.05) is 45.1 Å². The number of piperazine rings is 1. The van der Waals surface area contributed by atoms with Gasteiger partial charge in [0, 0.05) is 12.6 Å². The molecule has 0 spiro atoms. The molecule has 6 nitrogen and oxygen atoms in total. The maximum atomic E-state index is 13.8. The lowest BCUT2D eigenvalue weighted by molar-refractivity contribution is -0.159. The normalized spacial score (nSPS) is 20.9. The molecule has 1 saturated heterocycles. The van der Waals surface area contributed by atoms with Gasteiger partial charge < -0.3 is 19.3 Å². The summed E-state index contributed by atoms with van der Waals surface area (Å²) in [4.78, 5) is 30.6. The number of hydrogen-bond donors (Lipinski definition) is 0. The lowest BCUT2D eigenvalue weighted by Gasteiger charge is -2.43. The van der Waals surface area contributed by atoms with Crippen LogP contribution in [0.5, 0.6) is 11.5 Å². The Kier molecular flexibility index (Phi) is 8.22. The Morgan fingerprint density at radius 2 is 1.77 bits per heavy atom. The molecule has 2 amide bonds. The Balaban J connectivity index is 1.95. The van der Waals surface area contributed by atoms with Crippen LogP contribution in [0, 0.1) is 0 Å². The number of unbranched alkanes of at least 4 members (excludes halogenated alkanes) is 1. The molecule has 172 valence electrons. The Labute approximate surface area is 186 Å². The third-order valence-electron chi connectivity index (χ3n) is 6.34. The van der Waals surface area contributed by atoms with Gasteiger partial charge in [0.05, 0.1) is 13.2 Å². The second-order valence-corrected chi connectivity index (χ2v) is 9.03. The van der Waals surface area contributed by atoms with E-state index in [4.69, 9.17) is 9.47 Å². The lowest BCUT2D eigenvalue weighted by Crippen LogP contribution is -2.58. The summed E-state index contributed by atoms with van der Waals surface area (Å²) < 4.78 is 11.4. The number of amides is 2. The van der Waals surface area contributed by atoms with Crippen molar-refractivity contribution < 1.29 is 19.1 Å². The third kappa shape index (κ3) is 5.52. The Morgan fingerprint density at radius 3 is 2.39 bits per heavy atom. The van der Waals surface area contributed by atoms with Gasteiger partial charge in [-0.15, -0.1) is 0 Å². The van der Waals surface area contributed by atoms with Crippen LogP contribution in [-0.4, -0.2) is 54.0 Å². The zero-order valence-corrected chi connectivity index (χ0v) is 19.6. The molecule has 1 saturated carbocycles. The number of carbonyl (C=O) groups is 2. The van der Waals surface area contributed by atoms with Crippen molar-refractivity contribution in [3.63, 3.8) is 0 Å². The summed E-state index contributed by atoms with van der Waals surface area (Å²) in [6.07, 6.45) is 8.54. The van der Waals surface area contributed by atoms with E-state index in [1.807, 2.05) is 36.9 Å². The van der Waals surface area contributed by atoms with Gasteiger partial charge in [0.25, 0.3) is 5.91 Å². The highest BCUT2D eigenvalue weighted by Crippen LogP contribution is 2.36. The van der Waals surface area contributed by atoms with E-state index in [-0.39, 0.29) is 30.5 Å². The third-order valence-corrected chi connectivity index (χ3v) is 6.34. The van der Waals surface area contributed by atoms with Crippen molar-refractivity contribution in [2.45, 2.75) is 90.3 Å². The molecule has 1 heterocycles. The van der Waals surface area contributed by atoms with Crippen molar-refractivity contribution in [2.75, 3.05) is 20.2 Å². The SMILES string of the molecule is CCCCN1C(=O)CN(C2CCCCCC2)C(=O)[C@H]1c1ccc(OC(C)C)c(OC)c1. The summed E-state index contributed by atoms with van der Waals surface area (Å²) in [6.45, 7) is 6.83. The summed E-state index contributed by atoms with van der Waals surface area (Å²) in [5.41, 5.74) is 0.792. The molecule has 1 aliphatic carbocycles. The second kappa shape index (κ2) is 10.9. The zero-order valence-electron chi connectivity index (χ0n) is 19.6. The predicted octanol–water partition coefficient (Wildman–Crippen LogP) is 4.72. The molecule has 1 aromatic carbocycles. The quantitative estimate of drug-likeness (QED) is 0.560. The Bertz CT molecular complexity index is 756. The van der Waals surface area contributed by atoms with Crippen molar-refractivity contribution in [1.29, 1.82) is 0 Å². The highest BCUT2D eigenvalue weighted by Gasteiger charge is 2.42. The maximum absolute atomic E-state index is 13.8. The fourth-order valence-electron chi connectivity index (χ4n) is 4.74. The van der Waals surface area contributed by atoms with Crippen molar-refractivity contribution in [1.82, 2.24) is 9.80 Å². The van der Waals surface area contributed by atoms with Crippen LogP contribution < -0.4 is 9.47 Å². The molecule has 0 unspecified atom stereocenters. The highest BCUT2D eigenvalue weighted by atomic mass is 16.5. The summed E-state index contributed by atoms with van der Waals surface area (Å²) in [5, 5.41) is 0. The predicted molar refractivity (Wildman–Crippen MR) is 121 cm³/mol. The van der Waals surface area contributed by atoms with E-state index in [1.165, 1.54) is 12.8 Å². The van der Waals surface area contributed by atoms with Crippen LogP contribution in [0.15, 0.2) is 18.2 Å². The van der Waals surface area contributed by atoms with Crippen LogP contribution in [0.1, 0.15) is 83.7 Å². The highest BCUT2D eigenvalue weighted by molar-refractivity contribution is 5.96. The van der Waals surface area contributed by atoms with E-state index in [9.17, 15) is 9.59 Å². The molecule has 2 fully saturated rings. The monoisotopic (exact) mass is 430 g/mol. The molecule has 0 radical (unpaired) electrons. The topological polar surface area (TPSA) is 59.1 Å². The number of benzene rings is 1. The molecule has 1 aromatic rings. The minimum absolute atomic E-state index is 0.0180. The number of hydrogen-bond acceptors (Lipinski definition) is 4. The molecule has 3 rings (SSSR count). The standard InChI is InChI=1S/C25H38N2O4/c1-5-6-15-26-23(28)17-27(20-11-9-7-8-10-12-20)25(29)24(26)19-13-14-21(31-18(2)3)22(16-19)30-4/h13-14,16,18,20,24H,5-12,15,17H2,1-4H3/t24-/m1/s1. The molecular weight excluding hydrogens is 392 g/mol. The van der Waals surface area contributed by atoms with Crippen molar-refractivity contribution in [3.8, 4) is 11.5 Å². The van der Waals surface area contributed by atoms with E-state index in [0.29, 0.717) is 18.0 Å². The van der Waals surface area contributed by atoms with E-state index >= 15 is 0 Å². The van der Waals surface area contributed by atoms with Gasteiger partial charge in [-0.05, 0) is 50.8 Å².